The van der Waals surface area contributed by atoms with E-state index in [0.717, 1.165) is 25.7 Å². The number of rotatable bonds is 2. The fourth-order valence-electron chi connectivity index (χ4n) is 6.38. The fraction of sp³-hybridized carbons (Fsp3) is 0.591. The minimum atomic E-state index is -1.46. The van der Waals surface area contributed by atoms with E-state index < -0.39 is 29.8 Å². The maximum atomic E-state index is 12.3. The molecule has 5 rings (SSSR count). The summed E-state index contributed by atoms with van der Waals surface area (Å²) < 4.78 is 0. The highest BCUT2D eigenvalue weighted by molar-refractivity contribution is 6.33. The summed E-state index contributed by atoms with van der Waals surface area (Å²) in [5, 5.41) is 27.3. The molecule has 3 N–H and O–H groups in total. The van der Waals surface area contributed by atoms with Crippen LogP contribution in [0.2, 0.25) is 5.02 Å². The zero-order valence-electron chi connectivity index (χ0n) is 16.4. The third-order valence-corrected chi connectivity index (χ3v) is 7.84. The minimum Gasteiger partial charge on any atom is -0.480 e. The number of aliphatic carboxylic acids is 1. The molecule has 1 saturated heterocycles. The topological polar surface area (TPSA) is 82.0 Å². The first-order chi connectivity index (χ1) is 13.9. The molecule has 7 atom stereocenters. The standard InChI is InChI=1S/C22H27ClN2O4/c1-25-19-15(10-5-11-16(19)23)22(28)17(18(20(26)27)24-21(22)29-25)14-9-4-7-12-6-2-3-8-13(12)14/h4-5,7,10-14,17-18,21,24,28H,2-3,6,8-9H2,1H3,(H,26,27)/t12?,13?,14?,17?,18-,21+,22-/m0/s1. The Hall–Kier alpha value is -1.60. The van der Waals surface area contributed by atoms with Gasteiger partial charge in [-0.15, -0.1) is 0 Å². The van der Waals surface area contributed by atoms with Gasteiger partial charge >= 0.3 is 5.97 Å². The quantitative estimate of drug-likeness (QED) is 0.639. The maximum absolute atomic E-state index is 12.3. The first-order valence-electron chi connectivity index (χ1n) is 10.5. The summed E-state index contributed by atoms with van der Waals surface area (Å²) in [4.78, 5) is 18.2. The number of para-hydroxylation sites is 1. The molecule has 1 aromatic rings. The van der Waals surface area contributed by atoms with Crippen LogP contribution in [0.25, 0.3) is 0 Å². The van der Waals surface area contributed by atoms with Crippen molar-refractivity contribution in [3.63, 3.8) is 0 Å². The molecule has 2 heterocycles. The van der Waals surface area contributed by atoms with Crippen molar-refractivity contribution in [1.29, 1.82) is 0 Å². The normalized spacial score (nSPS) is 40.9. The smallest absolute Gasteiger partial charge is 0.321 e. The third kappa shape index (κ3) is 2.76. The predicted molar refractivity (Wildman–Crippen MR) is 109 cm³/mol. The number of nitrogens with one attached hydrogen (secondary N) is 1. The van der Waals surface area contributed by atoms with Crippen LogP contribution in [0.4, 0.5) is 5.69 Å². The van der Waals surface area contributed by atoms with E-state index in [1.807, 2.05) is 12.1 Å². The average molecular weight is 419 g/mol. The number of allylic oxidation sites excluding steroid dienone is 2. The van der Waals surface area contributed by atoms with E-state index in [1.165, 1.54) is 11.5 Å². The van der Waals surface area contributed by atoms with Crippen LogP contribution < -0.4 is 10.4 Å². The molecule has 7 heteroatoms. The zero-order valence-corrected chi connectivity index (χ0v) is 17.2. The number of hydrogen-bond acceptors (Lipinski definition) is 5. The molecule has 4 aliphatic rings. The Balaban J connectivity index is 1.65. The van der Waals surface area contributed by atoms with E-state index in [4.69, 9.17) is 16.4 Å². The molecule has 2 fully saturated rings. The van der Waals surface area contributed by atoms with Gasteiger partial charge in [-0.1, -0.05) is 48.7 Å². The lowest BCUT2D eigenvalue weighted by molar-refractivity contribution is -0.157. The number of carboxylic acid groups (broad SMARTS) is 1. The summed E-state index contributed by atoms with van der Waals surface area (Å²) in [6.07, 6.45) is 9.01. The largest absolute Gasteiger partial charge is 0.480 e. The minimum absolute atomic E-state index is 0.0627. The average Bonchev–Trinajstić information content (AvgIpc) is 3.01. The summed E-state index contributed by atoms with van der Waals surface area (Å²) in [6, 6.07) is 4.53. The summed E-state index contributed by atoms with van der Waals surface area (Å²) in [5.41, 5.74) is -0.211. The van der Waals surface area contributed by atoms with Gasteiger partial charge in [0.1, 0.15) is 11.6 Å². The number of fused-ring (bicyclic) bond motifs is 4. The summed E-state index contributed by atoms with van der Waals surface area (Å²) in [6.45, 7) is 0. The number of aliphatic hydroxyl groups is 1. The van der Waals surface area contributed by atoms with Crippen LogP contribution in [0.5, 0.6) is 0 Å². The molecule has 0 aromatic heterocycles. The van der Waals surface area contributed by atoms with Gasteiger partial charge in [0, 0.05) is 18.5 Å². The van der Waals surface area contributed by atoms with E-state index in [9.17, 15) is 15.0 Å². The molecule has 0 spiro atoms. The van der Waals surface area contributed by atoms with E-state index in [2.05, 4.69) is 17.5 Å². The molecule has 6 nitrogen and oxygen atoms in total. The summed E-state index contributed by atoms with van der Waals surface area (Å²) in [5.74, 6) is -0.549. The highest BCUT2D eigenvalue weighted by Gasteiger charge is 2.64. The number of nitrogens with zero attached hydrogens (tertiary/aromatic N) is 1. The predicted octanol–water partition coefficient (Wildman–Crippen LogP) is 3.29. The molecule has 2 aliphatic carbocycles. The van der Waals surface area contributed by atoms with Crippen molar-refractivity contribution in [1.82, 2.24) is 5.32 Å². The van der Waals surface area contributed by atoms with Crippen LogP contribution in [-0.4, -0.2) is 35.5 Å². The van der Waals surface area contributed by atoms with E-state index in [1.54, 1.807) is 13.1 Å². The van der Waals surface area contributed by atoms with Crippen LogP contribution in [0.3, 0.4) is 0 Å². The second kappa shape index (κ2) is 6.98. The van der Waals surface area contributed by atoms with Gasteiger partial charge in [-0.2, -0.15) is 0 Å². The van der Waals surface area contributed by atoms with Crippen LogP contribution in [0.15, 0.2) is 30.4 Å². The molecule has 4 unspecified atom stereocenters. The Kier molecular flexibility index (Phi) is 4.66. The van der Waals surface area contributed by atoms with E-state index >= 15 is 0 Å². The molecule has 0 amide bonds. The van der Waals surface area contributed by atoms with Gasteiger partial charge in [0.15, 0.2) is 6.23 Å². The van der Waals surface area contributed by atoms with E-state index in [-0.39, 0.29) is 5.92 Å². The molecular formula is C22H27ClN2O4. The number of halogens is 1. The molecule has 2 aliphatic heterocycles. The van der Waals surface area contributed by atoms with Gasteiger partial charge < -0.3 is 10.2 Å². The molecular weight excluding hydrogens is 392 g/mol. The monoisotopic (exact) mass is 418 g/mol. The summed E-state index contributed by atoms with van der Waals surface area (Å²) in [7, 11) is 1.73. The van der Waals surface area contributed by atoms with E-state index in [0.29, 0.717) is 28.1 Å². The molecule has 156 valence electrons. The lowest BCUT2D eigenvalue weighted by Gasteiger charge is -2.48. The Labute approximate surface area is 175 Å². The molecule has 0 bridgehead atoms. The fourth-order valence-corrected chi connectivity index (χ4v) is 6.67. The molecule has 1 aromatic carbocycles. The van der Waals surface area contributed by atoms with Crippen LogP contribution in [0, 0.1) is 23.7 Å². The number of anilines is 1. The van der Waals surface area contributed by atoms with Gasteiger partial charge in [-0.25, -0.2) is 0 Å². The lowest BCUT2D eigenvalue weighted by Crippen LogP contribution is -2.54. The number of benzene rings is 1. The van der Waals surface area contributed by atoms with Crippen LogP contribution >= 0.6 is 11.6 Å². The number of hydroxylamine groups is 1. The van der Waals surface area contributed by atoms with Gasteiger partial charge in [0.2, 0.25) is 0 Å². The van der Waals surface area contributed by atoms with Crippen molar-refractivity contribution >= 4 is 23.3 Å². The van der Waals surface area contributed by atoms with Gasteiger partial charge in [0.05, 0.1) is 10.7 Å². The van der Waals surface area contributed by atoms with Crippen molar-refractivity contribution in [3.05, 3.63) is 40.9 Å². The highest BCUT2D eigenvalue weighted by Crippen LogP contribution is 2.56. The summed E-state index contributed by atoms with van der Waals surface area (Å²) >= 11 is 6.45. The highest BCUT2D eigenvalue weighted by atomic mass is 35.5. The van der Waals surface area contributed by atoms with Crippen molar-refractivity contribution in [3.8, 4) is 0 Å². The Morgan fingerprint density at radius 3 is 2.90 bits per heavy atom. The molecule has 29 heavy (non-hydrogen) atoms. The van der Waals surface area contributed by atoms with Crippen molar-refractivity contribution in [2.24, 2.45) is 23.7 Å². The molecule has 1 saturated carbocycles. The van der Waals surface area contributed by atoms with Crippen LogP contribution in [-0.2, 0) is 15.2 Å². The zero-order chi connectivity index (χ0) is 20.3. The van der Waals surface area contributed by atoms with Gasteiger partial charge in [-0.3, -0.25) is 20.0 Å². The SMILES string of the molecule is CN1O[C@H]2N[C@H](C(=O)O)C(C3CC=CC4CCCCC43)[C@@]2(O)c2cccc(Cl)c21. The molecule has 0 radical (unpaired) electrons. The Morgan fingerprint density at radius 1 is 1.31 bits per heavy atom. The third-order valence-electron chi connectivity index (χ3n) is 7.54. The first kappa shape index (κ1) is 19.4. The van der Waals surface area contributed by atoms with Gasteiger partial charge in [-0.05, 0) is 43.1 Å². The first-order valence-corrected chi connectivity index (χ1v) is 10.9. The second-order valence-corrected chi connectivity index (χ2v) is 9.30. The number of carbonyl (C=O) groups is 1. The second-order valence-electron chi connectivity index (χ2n) is 8.89. The number of carboxylic acids is 1. The van der Waals surface area contributed by atoms with Crippen molar-refractivity contribution in [2.45, 2.75) is 50.0 Å². The lowest BCUT2D eigenvalue weighted by atomic mass is 9.59. The van der Waals surface area contributed by atoms with Crippen molar-refractivity contribution in [2.75, 3.05) is 12.1 Å². The van der Waals surface area contributed by atoms with Gasteiger partial charge in [0.25, 0.3) is 0 Å². The Bertz CT molecular complexity index is 861. The number of hydrogen-bond donors (Lipinski definition) is 3. The maximum Gasteiger partial charge on any atom is 0.321 e. The Morgan fingerprint density at radius 2 is 2.10 bits per heavy atom. The van der Waals surface area contributed by atoms with Crippen molar-refractivity contribution < 1.29 is 19.8 Å². The van der Waals surface area contributed by atoms with Crippen LogP contribution in [0.1, 0.15) is 37.7 Å².